The van der Waals surface area contributed by atoms with Crippen molar-refractivity contribution >= 4 is 29.8 Å². The normalized spacial score (nSPS) is 12.1. The van der Waals surface area contributed by atoms with Crippen LogP contribution < -0.4 is 5.32 Å². The van der Waals surface area contributed by atoms with Gasteiger partial charge in [0.25, 0.3) is 0 Å². The second-order valence-corrected chi connectivity index (χ2v) is 4.78. The Balaban J connectivity index is 0.00000256. The van der Waals surface area contributed by atoms with Gasteiger partial charge in [-0.05, 0) is 43.7 Å². The maximum absolute atomic E-state index is 12.1. The molecule has 0 heterocycles. The highest BCUT2D eigenvalue weighted by atomic mass is 35.5. The van der Waals surface area contributed by atoms with Gasteiger partial charge in [-0.25, -0.2) is 0 Å². The highest BCUT2D eigenvalue weighted by Crippen LogP contribution is 2.14. The van der Waals surface area contributed by atoms with Crippen LogP contribution in [0.15, 0.2) is 24.3 Å². The summed E-state index contributed by atoms with van der Waals surface area (Å²) in [4.78, 5) is 12.1. The van der Waals surface area contributed by atoms with Crippen LogP contribution in [0.25, 0.3) is 0 Å². The van der Waals surface area contributed by atoms with Crippen LogP contribution in [0.4, 0.5) is 0 Å². The summed E-state index contributed by atoms with van der Waals surface area (Å²) >= 11 is 5.79. The quantitative estimate of drug-likeness (QED) is 0.833. The van der Waals surface area contributed by atoms with E-state index in [1.807, 2.05) is 7.05 Å². The topological polar surface area (TPSA) is 29.1 Å². The summed E-state index contributed by atoms with van der Waals surface area (Å²) in [5.74, 6) is 0.626. The second kappa shape index (κ2) is 7.70. The van der Waals surface area contributed by atoms with E-state index < -0.39 is 0 Å². The molecule has 0 aliphatic rings. The van der Waals surface area contributed by atoms with Crippen molar-refractivity contribution in [2.24, 2.45) is 5.92 Å². The van der Waals surface area contributed by atoms with Crippen LogP contribution in [0, 0.1) is 5.92 Å². The van der Waals surface area contributed by atoms with E-state index in [0.717, 1.165) is 6.42 Å². The summed E-state index contributed by atoms with van der Waals surface area (Å²) in [7, 11) is 1.82. The number of carbonyl (C=O) groups is 1. The average Bonchev–Trinajstić information content (AvgIpc) is 2.25. The third-order valence-electron chi connectivity index (χ3n) is 2.50. The molecule has 0 spiro atoms. The number of carbonyl (C=O) groups excluding carboxylic acids is 1. The van der Waals surface area contributed by atoms with Gasteiger partial charge in [0.15, 0.2) is 5.78 Å². The van der Waals surface area contributed by atoms with Gasteiger partial charge in [-0.15, -0.1) is 12.4 Å². The molecule has 1 rings (SSSR count). The predicted molar refractivity (Wildman–Crippen MR) is 75.3 cm³/mol. The number of hydrogen-bond donors (Lipinski definition) is 1. The van der Waals surface area contributed by atoms with Crippen LogP contribution in [0.5, 0.6) is 0 Å². The van der Waals surface area contributed by atoms with Crippen molar-refractivity contribution in [3.05, 3.63) is 34.9 Å². The minimum atomic E-state index is -0.110. The van der Waals surface area contributed by atoms with Crippen LogP contribution in [-0.2, 0) is 0 Å². The first-order valence-electron chi connectivity index (χ1n) is 5.51. The molecule has 17 heavy (non-hydrogen) atoms. The summed E-state index contributed by atoms with van der Waals surface area (Å²) in [6, 6.07) is 6.93. The van der Waals surface area contributed by atoms with E-state index in [1.165, 1.54) is 0 Å². The molecule has 0 saturated carbocycles. The Kier molecular flexibility index (Phi) is 7.44. The van der Waals surface area contributed by atoms with Gasteiger partial charge in [-0.3, -0.25) is 4.79 Å². The van der Waals surface area contributed by atoms with Crippen molar-refractivity contribution < 1.29 is 4.79 Å². The molecule has 0 aromatic heterocycles. The molecule has 1 aromatic carbocycles. The Morgan fingerprint density at radius 2 is 1.82 bits per heavy atom. The largest absolute Gasteiger partial charge is 0.310 e. The van der Waals surface area contributed by atoms with E-state index in [2.05, 4.69) is 19.2 Å². The third-order valence-corrected chi connectivity index (χ3v) is 2.75. The van der Waals surface area contributed by atoms with Crippen LogP contribution >= 0.6 is 24.0 Å². The SMILES string of the molecule is CNC(CC(C)C)C(=O)c1ccc(Cl)cc1.Cl. The summed E-state index contributed by atoms with van der Waals surface area (Å²) in [6.07, 6.45) is 0.845. The number of halogens is 2. The molecule has 2 nitrogen and oxygen atoms in total. The molecule has 0 aliphatic carbocycles. The van der Waals surface area contributed by atoms with Crippen molar-refractivity contribution in [3.8, 4) is 0 Å². The Morgan fingerprint density at radius 1 is 1.29 bits per heavy atom. The number of nitrogens with one attached hydrogen (secondary N) is 1. The first-order valence-corrected chi connectivity index (χ1v) is 5.89. The third kappa shape index (κ3) is 5.07. The smallest absolute Gasteiger partial charge is 0.179 e. The zero-order valence-electron chi connectivity index (χ0n) is 10.4. The van der Waals surface area contributed by atoms with E-state index in [1.54, 1.807) is 24.3 Å². The number of rotatable bonds is 5. The lowest BCUT2D eigenvalue weighted by molar-refractivity contribution is 0.0935. The minimum absolute atomic E-state index is 0. The van der Waals surface area contributed by atoms with E-state index in [-0.39, 0.29) is 24.2 Å². The maximum atomic E-state index is 12.1. The Hall–Kier alpha value is -0.570. The maximum Gasteiger partial charge on any atom is 0.179 e. The van der Waals surface area contributed by atoms with Gasteiger partial charge in [0.05, 0.1) is 6.04 Å². The fourth-order valence-corrected chi connectivity index (χ4v) is 1.77. The summed E-state index contributed by atoms with van der Waals surface area (Å²) in [5.41, 5.74) is 0.712. The predicted octanol–water partition coefficient (Wildman–Crippen LogP) is 3.58. The van der Waals surface area contributed by atoms with Crippen molar-refractivity contribution in [2.75, 3.05) is 7.05 Å². The molecule has 1 unspecified atom stereocenters. The van der Waals surface area contributed by atoms with Gasteiger partial charge >= 0.3 is 0 Å². The van der Waals surface area contributed by atoms with Crippen LogP contribution in [0.1, 0.15) is 30.6 Å². The standard InChI is InChI=1S/C13H18ClNO.ClH/c1-9(2)8-12(15-3)13(16)10-4-6-11(14)7-5-10;/h4-7,9,12,15H,8H2,1-3H3;1H. The lowest BCUT2D eigenvalue weighted by atomic mass is 9.96. The number of likely N-dealkylation sites (N-methyl/N-ethyl adjacent to an activating group) is 1. The summed E-state index contributed by atoms with van der Waals surface area (Å²) < 4.78 is 0. The van der Waals surface area contributed by atoms with Crippen molar-refractivity contribution in [2.45, 2.75) is 26.3 Å². The average molecular weight is 276 g/mol. The van der Waals surface area contributed by atoms with Gasteiger partial charge in [-0.2, -0.15) is 0 Å². The molecule has 0 radical (unpaired) electrons. The molecule has 1 atom stereocenters. The minimum Gasteiger partial charge on any atom is -0.310 e. The number of ketones is 1. The van der Waals surface area contributed by atoms with Crippen molar-refractivity contribution in [1.82, 2.24) is 5.32 Å². The monoisotopic (exact) mass is 275 g/mol. The van der Waals surface area contributed by atoms with Gasteiger partial charge < -0.3 is 5.32 Å². The molecule has 4 heteroatoms. The van der Waals surface area contributed by atoms with Crippen LogP contribution in [0.3, 0.4) is 0 Å². The van der Waals surface area contributed by atoms with E-state index >= 15 is 0 Å². The first-order chi connectivity index (χ1) is 7.54. The van der Waals surface area contributed by atoms with Gasteiger partial charge in [0, 0.05) is 10.6 Å². The molecule has 0 amide bonds. The molecule has 96 valence electrons. The molecule has 0 fully saturated rings. The van der Waals surface area contributed by atoms with Crippen molar-refractivity contribution in [1.29, 1.82) is 0 Å². The van der Waals surface area contributed by atoms with E-state index in [4.69, 9.17) is 11.6 Å². The fraction of sp³-hybridized carbons (Fsp3) is 0.462. The number of Topliss-reactive ketones (excluding diaryl/α,β-unsaturated/α-hetero) is 1. The summed E-state index contributed by atoms with van der Waals surface area (Å²) in [6.45, 7) is 4.22. The highest BCUT2D eigenvalue weighted by molar-refractivity contribution is 6.30. The summed E-state index contributed by atoms with van der Waals surface area (Å²) in [5, 5.41) is 3.72. The van der Waals surface area contributed by atoms with Gasteiger partial charge in [-0.1, -0.05) is 25.4 Å². The molecule has 1 N–H and O–H groups in total. The molecule has 0 aliphatic heterocycles. The first kappa shape index (κ1) is 16.4. The molecular weight excluding hydrogens is 257 g/mol. The lowest BCUT2D eigenvalue weighted by Gasteiger charge is -2.17. The molecular formula is C13H19Cl2NO. The van der Waals surface area contributed by atoms with Gasteiger partial charge in [0.2, 0.25) is 0 Å². The Morgan fingerprint density at radius 3 is 2.24 bits per heavy atom. The molecule has 1 aromatic rings. The van der Waals surface area contributed by atoms with Gasteiger partial charge in [0.1, 0.15) is 0 Å². The van der Waals surface area contributed by atoms with E-state index in [0.29, 0.717) is 16.5 Å². The fourth-order valence-electron chi connectivity index (χ4n) is 1.64. The zero-order chi connectivity index (χ0) is 12.1. The molecule has 0 bridgehead atoms. The van der Waals surface area contributed by atoms with Crippen LogP contribution in [0.2, 0.25) is 5.02 Å². The van der Waals surface area contributed by atoms with E-state index in [9.17, 15) is 4.79 Å². The molecule has 0 saturated heterocycles. The number of hydrogen-bond acceptors (Lipinski definition) is 2. The zero-order valence-corrected chi connectivity index (χ0v) is 11.9. The van der Waals surface area contributed by atoms with Crippen LogP contribution in [-0.4, -0.2) is 18.9 Å². The lowest BCUT2D eigenvalue weighted by Crippen LogP contribution is -2.35. The Bertz CT molecular complexity index is 349. The highest BCUT2D eigenvalue weighted by Gasteiger charge is 2.18. The second-order valence-electron chi connectivity index (χ2n) is 4.34. The number of benzene rings is 1. The van der Waals surface area contributed by atoms with Crippen molar-refractivity contribution in [3.63, 3.8) is 0 Å². The Labute approximate surface area is 114 Å².